The Kier molecular flexibility index (Phi) is 5.20. The Morgan fingerprint density at radius 2 is 1.65 bits per heavy atom. The smallest absolute Gasteiger partial charge is 0.261 e. The molecule has 4 aromatic rings. The van der Waals surface area contributed by atoms with Crippen molar-refractivity contribution in [1.82, 2.24) is 14.6 Å². The third kappa shape index (κ3) is 3.99. The van der Waals surface area contributed by atoms with Gasteiger partial charge in [0.25, 0.3) is 15.9 Å². The number of amides is 1. The van der Waals surface area contributed by atoms with E-state index >= 15 is 0 Å². The monoisotopic (exact) mass is 435 g/mol. The van der Waals surface area contributed by atoms with E-state index in [1.165, 1.54) is 12.1 Å². The minimum absolute atomic E-state index is 0.0991. The van der Waals surface area contributed by atoms with Crippen LogP contribution >= 0.6 is 0 Å². The molecule has 0 radical (unpaired) electrons. The van der Waals surface area contributed by atoms with E-state index in [0.717, 1.165) is 11.1 Å². The van der Waals surface area contributed by atoms with Crippen LogP contribution in [0.5, 0.6) is 0 Å². The lowest BCUT2D eigenvalue weighted by Crippen LogP contribution is -2.15. The second-order valence-electron chi connectivity index (χ2n) is 7.20. The fraction of sp³-hybridized carbons (Fsp3) is 0.136. The zero-order valence-corrected chi connectivity index (χ0v) is 18.1. The number of aryl methyl sites for hydroxylation is 3. The number of fused-ring (bicyclic) bond motifs is 1. The molecule has 0 spiro atoms. The molecule has 0 bridgehead atoms. The van der Waals surface area contributed by atoms with Gasteiger partial charge >= 0.3 is 0 Å². The zero-order valence-electron chi connectivity index (χ0n) is 17.2. The van der Waals surface area contributed by atoms with Gasteiger partial charge in [-0.05, 0) is 62.2 Å². The Morgan fingerprint density at radius 3 is 2.32 bits per heavy atom. The van der Waals surface area contributed by atoms with Crippen molar-refractivity contribution in [2.75, 3.05) is 10.0 Å². The van der Waals surface area contributed by atoms with Crippen LogP contribution < -0.4 is 10.0 Å². The van der Waals surface area contributed by atoms with Crippen LogP contribution in [-0.4, -0.2) is 28.9 Å². The molecule has 2 aromatic carbocycles. The molecule has 1 amide bonds. The summed E-state index contributed by atoms with van der Waals surface area (Å²) in [6.07, 6.45) is 3.31. The summed E-state index contributed by atoms with van der Waals surface area (Å²) in [6.45, 7) is 5.43. The van der Waals surface area contributed by atoms with E-state index in [4.69, 9.17) is 0 Å². The van der Waals surface area contributed by atoms with Gasteiger partial charge in [0.05, 0.1) is 16.3 Å². The second kappa shape index (κ2) is 7.84. The van der Waals surface area contributed by atoms with Gasteiger partial charge in [0.1, 0.15) is 5.56 Å². The molecule has 31 heavy (non-hydrogen) atoms. The van der Waals surface area contributed by atoms with Crippen molar-refractivity contribution in [3.8, 4) is 0 Å². The summed E-state index contributed by atoms with van der Waals surface area (Å²) in [5.41, 5.74) is 4.08. The van der Waals surface area contributed by atoms with Crippen molar-refractivity contribution < 1.29 is 13.2 Å². The molecule has 0 atom stereocenters. The molecular formula is C22H21N5O3S. The van der Waals surface area contributed by atoms with E-state index in [1.807, 2.05) is 32.0 Å². The van der Waals surface area contributed by atoms with Crippen LogP contribution in [0.25, 0.3) is 5.65 Å². The highest BCUT2D eigenvalue weighted by Crippen LogP contribution is 2.24. The maximum absolute atomic E-state index is 12.8. The highest BCUT2D eigenvalue weighted by molar-refractivity contribution is 7.92. The lowest BCUT2D eigenvalue weighted by Gasteiger charge is -2.13. The summed E-state index contributed by atoms with van der Waals surface area (Å²) >= 11 is 0. The number of sulfonamides is 1. The molecule has 0 unspecified atom stereocenters. The number of hydrogen-bond acceptors (Lipinski definition) is 5. The average molecular weight is 436 g/mol. The maximum Gasteiger partial charge on any atom is 0.261 e. The summed E-state index contributed by atoms with van der Waals surface area (Å²) in [7, 11) is -3.77. The first-order chi connectivity index (χ1) is 14.8. The molecule has 9 heteroatoms. The molecule has 2 heterocycles. The fourth-order valence-electron chi connectivity index (χ4n) is 3.34. The summed E-state index contributed by atoms with van der Waals surface area (Å²) in [5.74, 6) is -0.365. The number of benzene rings is 2. The molecule has 0 aliphatic heterocycles. The highest BCUT2D eigenvalue weighted by Gasteiger charge is 2.19. The largest absolute Gasteiger partial charge is 0.322 e. The Hall–Kier alpha value is -3.72. The number of para-hydroxylation sites is 1. The molecular weight excluding hydrogens is 414 g/mol. The van der Waals surface area contributed by atoms with Crippen molar-refractivity contribution in [3.63, 3.8) is 0 Å². The number of hydrogen-bond donors (Lipinski definition) is 2. The van der Waals surface area contributed by atoms with Crippen molar-refractivity contribution in [3.05, 3.63) is 83.3 Å². The van der Waals surface area contributed by atoms with Gasteiger partial charge in [-0.15, -0.1) is 0 Å². The van der Waals surface area contributed by atoms with E-state index in [1.54, 1.807) is 42.0 Å². The van der Waals surface area contributed by atoms with Crippen LogP contribution in [0.1, 0.15) is 27.2 Å². The van der Waals surface area contributed by atoms with Gasteiger partial charge in [-0.1, -0.05) is 18.2 Å². The normalized spacial score (nSPS) is 11.5. The third-order valence-corrected chi connectivity index (χ3v) is 6.30. The van der Waals surface area contributed by atoms with Crippen LogP contribution in [0.2, 0.25) is 0 Å². The standard InChI is InChI=1S/C22H21N5O3S/c1-14-6-4-7-15(2)20(14)26-31(29,30)18-10-8-17(9-11-18)24-22(28)19-16(3)25-27-13-5-12-23-21(19)27/h4-13,26H,1-3H3,(H,24,28). The van der Waals surface area contributed by atoms with Gasteiger partial charge in [-0.2, -0.15) is 5.10 Å². The van der Waals surface area contributed by atoms with Crippen LogP contribution in [0.4, 0.5) is 11.4 Å². The lowest BCUT2D eigenvalue weighted by molar-refractivity contribution is 0.102. The predicted octanol–water partition coefficient (Wildman–Crippen LogP) is 3.71. The van der Waals surface area contributed by atoms with Gasteiger partial charge in [-0.25, -0.2) is 17.9 Å². The molecule has 4 rings (SSSR count). The number of nitrogens with zero attached hydrogens (tertiary/aromatic N) is 3. The van der Waals surface area contributed by atoms with Crippen LogP contribution in [0.15, 0.2) is 65.8 Å². The third-order valence-electron chi connectivity index (χ3n) is 4.94. The molecule has 0 saturated carbocycles. The van der Waals surface area contributed by atoms with Gasteiger partial charge in [0.2, 0.25) is 0 Å². The second-order valence-corrected chi connectivity index (χ2v) is 8.88. The summed E-state index contributed by atoms with van der Waals surface area (Å²) in [4.78, 5) is 17.1. The van der Waals surface area contributed by atoms with Crippen molar-refractivity contribution in [2.24, 2.45) is 0 Å². The fourth-order valence-corrected chi connectivity index (χ4v) is 4.55. The minimum atomic E-state index is -3.77. The number of rotatable bonds is 5. The maximum atomic E-state index is 12.8. The molecule has 158 valence electrons. The van der Waals surface area contributed by atoms with E-state index in [2.05, 4.69) is 20.1 Å². The topological polar surface area (TPSA) is 105 Å². The molecule has 0 fully saturated rings. The Labute approximate surface area is 180 Å². The molecule has 2 aromatic heterocycles. The quantitative estimate of drug-likeness (QED) is 0.497. The number of carbonyl (C=O) groups is 1. The molecule has 2 N–H and O–H groups in total. The van der Waals surface area contributed by atoms with E-state index in [9.17, 15) is 13.2 Å². The van der Waals surface area contributed by atoms with Crippen LogP contribution in [-0.2, 0) is 10.0 Å². The number of aromatic nitrogens is 3. The first-order valence-corrected chi connectivity index (χ1v) is 11.0. The summed E-state index contributed by atoms with van der Waals surface area (Å²) in [5, 5.41) is 7.06. The first kappa shape index (κ1) is 20.5. The Bertz CT molecular complexity index is 1370. The van der Waals surface area contributed by atoms with Crippen molar-refractivity contribution >= 4 is 33.0 Å². The number of nitrogens with one attached hydrogen (secondary N) is 2. The van der Waals surface area contributed by atoms with Crippen molar-refractivity contribution in [2.45, 2.75) is 25.7 Å². The molecule has 8 nitrogen and oxygen atoms in total. The van der Waals surface area contributed by atoms with Gasteiger partial charge in [0, 0.05) is 18.1 Å². The minimum Gasteiger partial charge on any atom is -0.322 e. The first-order valence-electron chi connectivity index (χ1n) is 9.56. The van der Waals surface area contributed by atoms with Crippen LogP contribution in [0, 0.1) is 20.8 Å². The van der Waals surface area contributed by atoms with Gasteiger partial charge in [0.15, 0.2) is 5.65 Å². The van der Waals surface area contributed by atoms with Gasteiger partial charge < -0.3 is 5.32 Å². The van der Waals surface area contributed by atoms with Crippen molar-refractivity contribution in [1.29, 1.82) is 0 Å². The number of carbonyl (C=O) groups excluding carboxylic acids is 1. The van der Waals surface area contributed by atoms with E-state index < -0.39 is 10.0 Å². The molecule has 0 aliphatic carbocycles. The molecule has 0 saturated heterocycles. The highest BCUT2D eigenvalue weighted by atomic mass is 32.2. The summed E-state index contributed by atoms with van der Waals surface area (Å²) < 4.78 is 29.8. The summed E-state index contributed by atoms with van der Waals surface area (Å²) in [6, 6.07) is 13.3. The van der Waals surface area contributed by atoms with E-state index in [0.29, 0.717) is 28.3 Å². The average Bonchev–Trinajstić information content (AvgIpc) is 3.07. The Balaban J connectivity index is 1.55. The lowest BCUT2D eigenvalue weighted by atomic mass is 10.1. The molecule has 0 aliphatic rings. The zero-order chi connectivity index (χ0) is 22.2. The van der Waals surface area contributed by atoms with E-state index in [-0.39, 0.29) is 10.8 Å². The number of anilines is 2. The Morgan fingerprint density at radius 1 is 0.968 bits per heavy atom. The van der Waals surface area contributed by atoms with Crippen LogP contribution in [0.3, 0.4) is 0 Å². The SMILES string of the molecule is Cc1cccc(C)c1NS(=O)(=O)c1ccc(NC(=O)c2c(C)nn3cccnc23)cc1. The van der Waals surface area contributed by atoms with Gasteiger partial charge in [-0.3, -0.25) is 9.52 Å². The predicted molar refractivity (Wildman–Crippen MR) is 119 cm³/mol.